The van der Waals surface area contributed by atoms with Crippen molar-refractivity contribution in [3.05, 3.63) is 40.9 Å². The SMILES string of the molecule is O=C(CCNS(=O)(=O)c1ccccc1Br)Nc1nc2cc3c(cc2s1)OCCO3. The summed E-state index contributed by atoms with van der Waals surface area (Å²) in [6.07, 6.45) is -0.0255. The van der Waals surface area contributed by atoms with E-state index >= 15 is 0 Å². The first-order valence-electron chi connectivity index (χ1n) is 8.66. The Morgan fingerprint density at radius 3 is 2.66 bits per heavy atom. The van der Waals surface area contributed by atoms with Crippen LogP contribution in [0, 0.1) is 0 Å². The molecule has 0 saturated carbocycles. The number of nitrogens with zero attached hydrogens (tertiary/aromatic N) is 1. The number of aromatic nitrogens is 1. The third kappa shape index (κ3) is 4.53. The van der Waals surface area contributed by atoms with E-state index in [-0.39, 0.29) is 23.8 Å². The van der Waals surface area contributed by atoms with Crippen molar-refractivity contribution in [1.29, 1.82) is 0 Å². The maximum Gasteiger partial charge on any atom is 0.241 e. The fourth-order valence-electron chi connectivity index (χ4n) is 2.74. The Hall–Kier alpha value is -2.21. The maximum absolute atomic E-state index is 12.3. The van der Waals surface area contributed by atoms with Crippen molar-refractivity contribution in [2.45, 2.75) is 11.3 Å². The lowest BCUT2D eigenvalue weighted by Gasteiger charge is -2.17. The van der Waals surface area contributed by atoms with Crippen molar-refractivity contribution in [2.24, 2.45) is 0 Å². The number of sulfonamides is 1. The molecule has 4 rings (SSSR count). The molecular weight excluding hydrogens is 482 g/mol. The maximum atomic E-state index is 12.3. The van der Waals surface area contributed by atoms with Gasteiger partial charge < -0.3 is 14.8 Å². The Morgan fingerprint density at radius 2 is 1.90 bits per heavy atom. The Bertz CT molecular complexity index is 1140. The van der Waals surface area contributed by atoms with E-state index in [1.807, 2.05) is 6.07 Å². The van der Waals surface area contributed by atoms with Crippen molar-refractivity contribution >= 4 is 58.5 Å². The Balaban J connectivity index is 1.37. The molecule has 0 saturated heterocycles. The van der Waals surface area contributed by atoms with Gasteiger partial charge in [0.1, 0.15) is 13.2 Å². The van der Waals surface area contributed by atoms with Gasteiger partial charge in [0, 0.05) is 29.6 Å². The van der Waals surface area contributed by atoms with Crippen molar-refractivity contribution < 1.29 is 22.7 Å². The van der Waals surface area contributed by atoms with Crippen molar-refractivity contribution in [2.75, 3.05) is 25.1 Å². The minimum Gasteiger partial charge on any atom is -0.486 e. The van der Waals surface area contributed by atoms with Crippen LogP contribution in [0.1, 0.15) is 6.42 Å². The van der Waals surface area contributed by atoms with Crippen LogP contribution in [-0.2, 0) is 14.8 Å². The predicted molar refractivity (Wildman–Crippen MR) is 113 cm³/mol. The highest BCUT2D eigenvalue weighted by molar-refractivity contribution is 9.10. The third-order valence-electron chi connectivity index (χ3n) is 4.07. The Labute approximate surface area is 179 Å². The van der Waals surface area contributed by atoms with E-state index in [1.54, 1.807) is 24.3 Å². The number of amides is 1. The van der Waals surface area contributed by atoms with Crippen LogP contribution in [0.2, 0.25) is 0 Å². The number of carbonyl (C=O) groups is 1. The van der Waals surface area contributed by atoms with Crippen LogP contribution < -0.4 is 19.5 Å². The number of hydrogen-bond acceptors (Lipinski definition) is 7. The molecule has 0 spiro atoms. The third-order valence-corrected chi connectivity index (χ3v) is 7.48. The monoisotopic (exact) mass is 497 g/mol. The molecule has 0 aliphatic carbocycles. The van der Waals surface area contributed by atoms with E-state index in [0.717, 1.165) is 4.70 Å². The van der Waals surface area contributed by atoms with E-state index in [1.165, 1.54) is 17.4 Å². The molecule has 0 bridgehead atoms. The van der Waals surface area contributed by atoms with Gasteiger partial charge in [0.05, 0.1) is 15.1 Å². The quantitative estimate of drug-likeness (QED) is 0.541. The lowest BCUT2D eigenvalue weighted by molar-refractivity contribution is -0.116. The molecule has 2 aromatic carbocycles. The van der Waals surface area contributed by atoms with Crippen LogP contribution in [0.4, 0.5) is 5.13 Å². The molecule has 0 fully saturated rings. The summed E-state index contributed by atoms with van der Waals surface area (Å²) >= 11 is 4.53. The van der Waals surface area contributed by atoms with E-state index < -0.39 is 10.0 Å². The van der Waals surface area contributed by atoms with Gasteiger partial charge in [-0.1, -0.05) is 23.5 Å². The number of nitrogens with one attached hydrogen (secondary N) is 2. The van der Waals surface area contributed by atoms with E-state index in [9.17, 15) is 13.2 Å². The van der Waals surface area contributed by atoms with Crippen LogP contribution in [0.25, 0.3) is 10.2 Å². The van der Waals surface area contributed by atoms with Gasteiger partial charge in [0.15, 0.2) is 16.6 Å². The number of thiazole rings is 1. The molecule has 1 aliphatic rings. The molecule has 0 radical (unpaired) electrons. The summed E-state index contributed by atoms with van der Waals surface area (Å²) < 4.78 is 39.5. The molecule has 3 aromatic rings. The van der Waals surface area contributed by atoms with Crippen LogP contribution in [-0.4, -0.2) is 39.1 Å². The van der Waals surface area contributed by atoms with Gasteiger partial charge in [-0.3, -0.25) is 4.79 Å². The summed E-state index contributed by atoms with van der Waals surface area (Å²) in [5.74, 6) is 0.955. The minimum atomic E-state index is -3.71. The summed E-state index contributed by atoms with van der Waals surface area (Å²) in [6.45, 7) is 0.953. The van der Waals surface area contributed by atoms with Gasteiger partial charge in [0.25, 0.3) is 0 Å². The van der Waals surface area contributed by atoms with Gasteiger partial charge in [-0.25, -0.2) is 18.1 Å². The van der Waals surface area contributed by atoms with Crippen molar-refractivity contribution in [1.82, 2.24) is 9.71 Å². The first kappa shape index (κ1) is 20.1. The normalized spacial score (nSPS) is 13.4. The number of benzene rings is 2. The smallest absolute Gasteiger partial charge is 0.241 e. The van der Waals surface area contributed by atoms with Gasteiger partial charge in [-0.2, -0.15) is 0 Å². The lowest BCUT2D eigenvalue weighted by atomic mass is 10.3. The predicted octanol–water partition coefficient (Wildman–Crippen LogP) is 3.14. The van der Waals surface area contributed by atoms with Gasteiger partial charge in [-0.05, 0) is 28.1 Å². The fraction of sp³-hybridized carbons (Fsp3) is 0.222. The zero-order valence-corrected chi connectivity index (χ0v) is 18.2. The molecular formula is C18H16BrN3O5S2. The Morgan fingerprint density at radius 1 is 1.17 bits per heavy atom. The molecule has 0 unspecified atom stereocenters. The molecule has 11 heteroatoms. The molecule has 0 atom stereocenters. The van der Waals surface area contributed by atoms with Crippen LogP contribution in [0.15, 0.2) is 45.8 Å². The summed E-state index contributed by atoms with van der Waals surface area (Å²) in [4.78, 5) is 16.7. The second-order valence-electron chi connectivity index (χ2n) is 6.11. The highest BCUT2D eigenvalue weighted by Crippen LogP contribution is 2.37. The molecule has 1 aromatic heterocycles. The molecule has 1 aliphatic heterocycles. The van der Waals surface area contributed by atoms with E-state index in [0.29, 0.717) is 39.8 Å². The second kappa shape index (κ2) is 8.27. The number of hydrogen-bond donors (Lipinski definition) is 2. The molecule has 1 amide bonds. The lowest BCUT2D eigenvalue weighted by Crippen LogP contribution is -2.28. The van der Waals surface area contributed by atoms with Gasteiger partial charge in [0.2, 0.25) is 15.9 Å². The topological polar surface area (TPSA) is 107 Å². The summed E-state index contributed by atoms with van der Waals surface area (Å²) in [5.41, 5.74) is 0.698. The zero-order valence-electron chi connectivity index (χ0n) is 15.0. The largest absolute Gasteiger partial charge is 0.486 e. The molecule has 8 nitrogen and oxygen atoms in total. The minimum absolute atomic E-state index is 0.0255. The van der Waals surface area contributed by atoms with Gasteiger partial charge in [-0.15, -0.1) is 0 Å². The molecule has 2 heterocycles. The van der Waals surface area contributed by atoms with E-state index in [2.05, 4.69) is 31.0 Å². The summed E-state index contributed by atoms with van der Waals surface area (Å²) in [5, 5.41) is 3.13. The molecule has 2 N–H and O–H groups in total. The number of fused-ring (bicyclic) bond motifs is 2. The molecule has 29 heavy (non-hydrogen) atoms. The summed E-state index contributed by atoms with van der Waals surface area (Å²) in [7, 11) is -3.71. The molecule has 152 valence electrons. The number of halogens is 1. The fourth-order valence-corrected chi connectivity index (χ4v) is 5.66. The standard InChI is InChI=1S/C18H16BrN3O5S2/c19-11-3-1-2-4-16(11)29(24,25)20-6-5-17(23)22-18-21-12-9-13-14(10-15(12)28-18)27-8-7-26-13/h1-4,9-10,20H,5-8H2,(H,21,22,23). The average molecular weight is 498 g/mol. The second-order valence-corrected chi connectivity index (χ2v) is 9.73. The Kier molecular flexibility index (Phi) is 5.72. The number of anilines is 1. The zero-order chi connectivity index (χ0) is 20.4. The summed E-state index contributed by atoms with van der Waals surface area (Å²) in [6, 6.07) is 10.1. The van der Waals surface area contributed by atoms with Crippen molar-refractivity contribution in [3.63, 3.8) is 0 Å². The first-order chi connectivity index (χ1) is 13.9. The number of rotatable bonds is 6. The van der Waals surface area contributed by atoms with Crippen LogP contribution in [0.3, 0.4) is 0 Å². The number of carbonyl (C=O) groups excluding carboxylic acids is 1. The highest BCUT2D eigenvalue weighted by atomic mass is 79.9. The average Bonchev–Trinajstić information content (AvgIpc) is 3.06. The van der Waals surface area contributed by atoms with E-state index in [4.69, 9.17) is 9.47 Å². The van der Waals surface area contributed by atoms with Crippen LogP contribution in [0.5, 0.6) is 11.5 Å². The highest BCUT2D eigenvalue weighted by Gasteiger charge is 2.18. The van der Waals surface area contributed by atoms with Crippen LogP contribution >= 0.6 is 27.3 Å². The number of ether oxygens (including phenoxy) is 2. The van der Waals surface area contributed by atoms with Gasteiger partial charge >= 0.3 is 0 Å². The van der Waals surface area contributed by atoms with Crippen molar-refractivity contribution in [3.8, 4) is 11.5 Å². The first-order valence-corrected chi connectivity index (χ1v) is 11.8.